The van der Waals surface area contributed by atoms with E-state index < -0.39 is 23.6 Å². The number of carbonyl (C=O) groups excluding carboxylic acids is 1. The number of halogens is 3. The molecule has 0 heterocycles. The molecule has 22 heavy (non-hydrogen) atoms. The van der Waals surface area contributed by atoms with Crippen molar-refractivity contribution in [1.82, 2.24) is 5.32 Å². The first kappa shape index (κ1) is 16.2. The smallest absolute Gasteiger partial charge is 0.258 e. The minimum atomic E-state index is -0.702. The van der Waals surface area contributed by atoms with E-state index in [1.165, 1.54) is 6.07 Å². The molecule has 0 saturated heterocycles. The zero-order chi connectivity index (χ0) is 16.1. The lowest BCUT2D eigenvalue weighted by Gasteiger charge is -2.15. The van der Waals surface area contributed by atoms with Crippen LogP contribution >= 0.6 is 11.6 Å². The van der Waals surface area contributed by atoms with Crippen molar-refractivity contribution >= 4 is 17.5 Å². The van der Waals surface area contributed by atoms with E-state index in [2.05, 4.69) is 5.32 Å². The van der Waals surface area contributed by atoms with Gasteiger partial charge >= 0.3 is 0 Å². The average Bonchev–Trinajstić information content (AvgIpc) is 2.46. The van der Waals surface area contributed by atoms with Gasteiger partial charge in [-0.2, -0.15) is 0 Å². The van der Waals surface area contributed by atoms with Crippen LogP contribution in [0.4, 0.5) is 8.78 Å². The maximum Gasteiger partial charge on any atom is 0.258 e. The first-order valence-electron chi connectivity index (χ1n) is 6.58. The van der Waals surface area contributed by atoms with Gasteiger partial charge in [-0.3, -0.25) is 4.79 Å². The topological polar surface area (TPSA) is 38.3 Å². The molecule has 6 heteroatoms. The maximum absolute atomic E-state index is 13.6. The van der Waals surface area contributed by atoms with Crippen LogP contribution in [0, 0.1) is 11.6 Å². The molecule has 0 aliphatic heterocycles. The Balaban J connectivity index is 1.89. The third-order valence-corrected chi connectivity index (χ3v) is 3.24. The van der Waals surface area contributed by atoms with Gasteiger partial charge in [-0.1, -0.05) is 17.7 Å². The van der Waals surface area contributed by atoms with Crippen molar-refractivity contribution in [2.24, 2.45) is 0 Å². The van der Waals surface area contributed by atoms with Crippen LogP contribution < -0.4 is 10.1 Å². The van der Waals surface area contributed by atoms with Crippen LogP contribution in [0.2, 0.25) is 5.02 Å². The summed E-state index contributed by atoms with van der Waals surface area (Å²) in [5.74, 6) is -1.27. The van der Waals surface area contributed by atoms with Crippen LogP contribution in [0.3, 0.4) is 0 Å². The second-order valence-electron chi connectivity index (χ2n) is 4.70. The molecule has 116 valence electrons. The van der Waals surface area contributed by atoms with Crippen molar-refractivity contribution in [3.63, 3.8) is 0 Å². The molecule has 0 aromatic heterocycles. The van der Waals surface area contributed by atoms with Gasteiger partial charge in [-0.05, 0) is 37.3 Å². The molecule has 0 aliphatic carbocycles. The van der Waals surface area contributed by atoms with Gasteiger partial charge in [0.05, 0.1) is 6.04 Å². The zero-order valence-corrected chi connectivity index (χ0v) is 12.5. The summed E-state index contributed by atoms with van der Waals surface area (Å²) in [6.45, 7) is 1.39. The molecule has 0 bridgehead atoms. The van der Waals surface area contributed by atoms with E-state index in [0.717, 1.165) is 12.1 Å². The van der Waals surface area contributed by atoms with Gasteiger partial charge in [-0.15, -0.1) is 0 Å². The Bertz CT molecular complexity index is 662. The molecule has 2 rings (SSSR count). The summed E-state index contributed by atoms with van der Waals surface area (Å²) >= 11 is 5.74. The molecule has 2 aromatic rings. The summed E-state index contributed by atoms with van der Waals surface area (Å²) < 4.78 is 31.7. The number of rotatable bonds is 5. The molecule has 0 unspecified atom stereocenters. The molecule has 1 amide bonds. The first-order valence-corrected chi connectivity index (χ1v) is 6.96. The van der Waals surface area contributed by atoms with Crippen LogP contribution in [0.5, 0.6) is 5.75 Å². The number of hydrogen-bond acceptors (Lipinski definition) is 2. The lowest BCUT2D eigenvalue weighted by Crippen LogP contribution is -2.31. The molecule has 0 spiro atoms. The Morgan fingerprint density at radius 2 is 1.91 bits per heavy atom. The summed E-state index contributed by atoms with van der Waals surface area (Å²) in [5, 5.41) is 3.15. The van der Waals surface area contributed by atoms with Crippen molar-refractivity contribution in [1.29, 1.82) is 0 Å². The zero-order valence-electron chi connectivity index (χ0n) is 11.8. The second kappa shape index (κ2) is 7.22. The standard InChI is InChI=1S/C16H14ClF2NO2/c1-10(14-7-4-12(18)8-15(14)19)20-16(21)9-22-13-5-2-11(17)3-6-13/h2-8,10H,9H2,1H3,(H,20,21)/t10-/m0/s1. The Labute approximate surface area is 131 Å². The lowest BCUT2D eigenvalue weighted by atomic mass is 10.1. The highest BCUT2D eigenvalue weighted by Crippen LogP contribution is 2.18. The maximum atomic E-state index is 13.6. The van der Waals surface area contributed by atoms with E-state index in [-0.39, 0.29) is 12.2 Å². The van der Waals surface area contributed by atoms with Crippen molar-refractivity contribution in [3.05, 3.63) is 64.7 Å². The van der Waals surface area contributed by atoms with E-state index in [1.807, 2.05) is 0 Å². The third-order valence-electron chi connectivity index (χ3n) is 2.99. The molecule has 1 N–H and O–H groups in total. The third kappa shape index (κ3) is 4.43. The van der Waals surface area contributed by atoms with Crippen LogP contribution in [0.15, 0.2) is 42.5 Å². The van der Waals surface area contributed by atoms with Gasteiger partial charge < -0.3 is 10.1 Å². The van der Waals surface area contributed by atoms with Crippen molar-refractivity contribution in [3.8, 4) is 5.75 Å². The first-order chi connectivity index (χ1) is 10.5. The van der Waals surface area contributed by atoms with Crippen LogP contribution in [-0.2, 0) is 4.79 Å². The largest absolute Gasteiger partial charge is 0.484 e. The molecule has 1 atom stereocenters. The quantitative estimate of drug-likeness (QED) is 0.906. The van der Waals surface area contributed by atoms with E-state index in [0.29, 0.717) is 10.8 Å². The Kier molecular flexibility index (Phi) is 5.33. The fourth-order valence-electron chi connectivity index (χ4n) is 1.89. The van der Waals surface area contributed by atoms with Crippen molar-refractivity contribution < 1.29 is 18.3 Å². The number of ether oxygens (including phenoxy) is 1. The van der Waals surface area contributed by atoms with Gasteiger partial charge in [0, 0.05) is 16.7 Å². The molecule has 0 radical (unpaired) electrons. The predicted octanol–water partition coefficient (Wildman–Crippen LogP) is 3.87. The number of amides is 1. The summed E-state index contributed by atoms with van der Waals surface area (Å²) in [7, 11) is 0. The molecule has 0 fully saturated rings. The summed E-state index contributed by atoms with van der Waals surface area (Å²) in [6.07, 6.45) is 0. The number of carbonyl (C=O) groups is 1. The molecular weight excluding hydrogens is 312 g/mol. The SMILES string of the molecule is C[C@H](NC(=O)COc1ccc(Cl)cc1)c1ccc(F)cc1F. The van der Waals surface area contributed by atoms with Gasteiger partial charge in [0.25, 0.3) is 5.91 Å². The molecule has 2 aromatic carbocycles. The normalized spacial score (nSPS) is 11.8. The lowest BCUT2D eigenvalue weighted by molar-refractivity contribution is -0.123. The Morgan fingerprint density at radius 3 is 2.55 bits per heavy atom. The predicted molar refractivity (Wildman–Crippen MR) is 79.9 cm³/mol. The highest BCUT2D eigenvalue weighted by molar-refractivity contribution is 6.30. The van der Waals surface area contributed by atoms with Gasteiger partial charge in [0.2, 0.25) is 0 Å². The average molecular weight is 326 g/mol. The fourth-order valence-corrected chi connectivity index (χ4v) is 2.02. The Morgan fingerprint density at radius 1 is 1.23 bits per heavy atom. The second-order valence-corrected chi connectivity index (χ2v) is 5.13. The van der Waals surface area contributed by atoms with Crippen LogP contribution in [-0.4, -0.2) is 12.5 Å². The van der Waals surface area contributed by atoms with Gasteiger partial charge in [0.15, 0.2) is 6.61 Å². The van der Waals surface area contributed by atoms with Crippen LogP contribution in [0.1, 0.15) is 18.5 Å². The fraction of sp³-hybridized carbons (Fsp3) is 0.188. The molecule has 0 aliphatic rings. The minimum Gasteiger partial charge on any atom is -0.484 e. The summed E-state index contributed by atoms with van der Waals surface area (Å²) in [5.41, 5.74) is 0.209. The molecular formula is C16H14ClF2NO2. The minimum absolute atomic E-state index is 0.209. The van der Waals surface area contributed by atoms with E-state index in [4.69, 9.17) is 16.3 Å². The molecule has 0 saturated carbocycles. The van der Waals surface area contributed by atoms with Gasteiger partial charge in [0.1, 0.15) is 17.4 Å². The number of nitrogens with one attached hydrogen (secondary N) is 1. The van der Waals surface area contributed by atoms with E-state index >= 15 is 0 Å². The summed E-state index contributed by atoms with van der Waals surface area (Å²) in [6, 6.07) is 9.19. The van der Waals surface area contributed by atoms with E-state index in [9.17, 15) is 13.6 Å². The van der Waals surface area contributed by atoms with Crippen molar-refractivity contribution in [2.75, 3.05) is 6.61 Å². The highest BCUT2D eigenvalue weighted by atomic mass is 35.5. The summed E-state index contributed by atoms with van der Waals surface area (Å²) in [4.78, 5) is 11.8. The highest BCUT2D eigenvalue weighted by Gasteiger charge is 2.14. The number of hydrogen-bond donors (Lipinski definition) is 1. The van der Waals surface area contributed by atoms with Crippen LogP contribution in [0.25, 0.3) is 0 Å². The Hall–Kier alpha value is -2.14. The number of benzene rings is 2. The monoisotopic (exact) mass is 325 g/mol. The van der Waals surface area contributed by atoms with Crippen molar-refractivity contribution in [2.45, 2.75) is 13.0 Å². The van der Waals surface area contributed by atoms with Gasteiger partial charge in [-0.25, -0.2) is 8.78 Å². The van der Waals surface area contributed by atoms with E-state index in [1.54, 1.807) is 31.2 Å². The molecule has 3 nitrogen and oxygen atoms in total.